The van der Waals surface area contributed by atoms with Crippen LogP contribution in [0.15, 0.2) is 6.20 Å². The van der Waals surface area contributed by atoms with E-state index in [-0.39, 0.29) is 10.7 Å². The summed E-state index contributed by atoms with van der Waals surface area (Å²) >= 11 is 1.79. The largest absolute Gasteiger partial charge is 0.462 e. The first-order valence-electron chi connectivity index (χ1n) is 5.67. The van der Waals surface area contributed by atoms with Gasteiger partial charge < -0.3 is 4.74 Å². The third-order valence-corrected chi connectivity index (χ3v) is 3.48. The van der Waals surface area contributed by atoms with Gasteiger partial charge in [0.2, 0.25) is 0 Å². The third kappa shape index (κ3) is 4.07. The topological polar surface area (TPSA) is 44.1 Å². The van der Waals surface area contributed by atoms with E-state index in [2.05, 4.69) is 25.9 Å². The van der Waals surface area contributed by atoms with Crippen molar-refractivity contribution in [2.75, 3.05) is 6.61 Å². The molecule has 0 aliphatic heterocycles. The molecule has 1 rings (SSSR count). The number of hydrogen-bond donors (Lipinski definition) is 0. The minimum Gasteiger partial charge on any atom is -0.462 e. The van der Waals surface area contributed by atoms with Gasteiger partial charge in [-0.2, -0.15) is 5.10 Å². The zero-order valence-electron chi connectivity index (χ0n) is 11.1. The smallest absolute Gasteiger partial charge is 0.341 e. The van der Waals surface area contributed by atoms with Crippen LogP contribution in [0.1, 0.15) is 43.7 Å². The summed E-state index contributed by atoms with van der Waals surface area (Å²) in [6.07, 6.45) is 1.58. The van der Waals surface area contributed by atoms with E-state index < -0.39 is 0 Å². The average molecular weight is 256 g/mol. The van der Waals surface area contributed by atoms with Gasteiger partial charge in [-0.15, -0.1) is 11.8 Å². The Morgan fingerprint density at radius 1 is 1.53 bits per heavy atom. The normalized spacial score (nSPS) is 11.6. The monoisotopic (exact) mass is 256 g/mol. The summed E-state index contributed by atoms with van der Waals surface area (Å²) in [6, 6.07) is 0. The lowest BCUT2D eigenvalue weighted by Gasteiger charge is -2.17. The van der Waals surface area contributed by atoms with Crippen molar-refractivity contribution in [2.45, 2.75) is 38.2 Å². The minimum atomic E-state index is -0.287. The van der Waals surface area contributed by atoms with Crippen molar-refractivity contribution in [2.24, 2.45) is 7.05 Å². The van der Waals surface area contributed by atoms with Crippen LogP contribution < -0.4 is 0 Å². The zero-order valence-corrected chi connectivity index (χ0v) is 11.9. The molecule has 1 heterocycles. The number of thioether (sulfide) groups is 1. The molecule has 0 saturated carbocycles. The predicted molar refractivity (Wildman–Crippen MR) is 70.2 cm³/mol. The molecule has 0 atom stereocenters. The lowest BCUT2D eigenvalue weighted by molar-refractivity contribution is 0.0525. The third-order valence-electron chi connectivity index (χ3n) is 2.20. The van der Waals surface area contributed by atoms with Gasteiger partial charge in [0.25, 0.3) is 0 Å². The van der Waals surface area contributed by atoms with Crippen molar-refractivity contribution >= 4 is 17.7 Å². The molecule has 96 valence electrons. The van der Waals surface area contributed by atoms with Crippen LogP contribution in [0, 0.1) is 0 Å². The Hall–Kier alpha value is -0.970. The molecular formula is C12H20N2O2S. The van der Waals surface area contributed by atoms with E-state index in [9.17, 15) is 4.79 Å². The van der Waals surface area contributed by atoms with E-state index in [1.165, 1.54) is 0 Å². The van der Waals surface area contributed by atoms with E-state index in [0.29, 0.717) is 12.2 Å². The molecule has 0 fully saturated rings. The maximum atomic E-state index is 11.7. The number of aromatic nitrogens is 2. The number of carbonyl (C=O) groups excluding carboxylic acids is 1. The van der Waals surface area contributed by atoms with Crippen LogP contribution in [-0.2, 0) is 17.5 Å². The van der Waals surface area contributed by atoms with Gasteiger partial charge >= 0.3 is 5.97 Å². The first-order chi connectivity index (χ1) is 7.85. The fraction of sp³-hybridized carbons (Fsp3) is 0.667. The van der Waals surface area contributed by atoms with Gasteiger partial charge in [0.05, 0.1) is 18.5 Å². The van der Waals surface area contributed by atoms with Crippen LogP contribution in [-0.4, -0.2) is 27.1 Å². The molecule has 0 bridgehead atoms. The van der Waals surface area contributed by atoms with Crippen LogP contribution in [0.3, 0.4) is 0 Å². The van der Waals surface area contributed by atoms with Crippen molar-refractivity contribution in [1.82, 2.24) is 9.78 Å². The molecule has 0 radical (unpaired) electrons. The Bertz CT molecular complexity index is 394. The molecule has 0 aliphatic rings. The highest BCUT2D eigenvalue weighted by molar-refractivity contribution is 7.99. The summed E-state index contributed by atoms with van der Waals surface area (Å²) in [4.78, 5) is 11.7. The number of aryl methyl sites for hydroxylation is 1. The quantitative estimate of drug-likeness (QED) is 0.777. The van der Waals surface area contributed by atoms with Crippen LogP contribution in [0.2, 0.25) is 0 Å². The van der Waals surface area contributed by atoms with Gasteiger partial charge in [0.1, 0.15) is 5.56 Å². The lowest BCUT2D eigenvalue weighted by atomic mass is 10.2. The average Bonchev–Trinajstić information content (AvgIpc) is 2.56. The SMILES string of the molecule is CCOC(=O)c1cnn(C)c1CSC(C)(C)C. The molecule has 0 amide bonds. The van der Waals surface area contributed by atoms with E-state index >= 15 is 0 Å². The van der Waals surface area contributed by atoms with E-state index in [4.69, 9.17) is 4.74 Å². The molecule has 17 heavy (non-hydrogen) atoms. The molecule has 0 aliphatic carbocycles. The molecule has 5 heteroatoms. The number of rotatable bonds is 4. The van der Waals surface area contributed by atoms with Crippen LogP contribution in [0.25, 0.3) is 0 Å². The van der Waals surface area contributed by atoms with Crippen molar-refractivity contribution < 1.29 is 9.53 Å². The Morgan fingerprint density at radius 3 is 2.71 bits per heavy atom. The van der Waals surface area contributed by atoms with Crippen LogP contribution >= 0.6 is 11.8 Å². The second-order valence-corrected chi connectivity index (χ2v) is 6.55. The van der Waals surface area contributed by atoms with Crippen molar-refractivity contribution in [3.05, 3.63) is 17.5 Å². The first kappa shape index (κ1) is 14.1. The second kappa shape index (κ2) is 5.58. The van der Waals surface area contributed by atoms with E-state index in [1.54, 1.807) is 29.6 Å². The van der Waals surface area contributed by atoms with Gasteiger partial charge in [0, 0.05) is 17.5 Å². The fourth-order valence-corrected chi connectivity index (χ4v) is 2.21. The first-order valence-corrected chi connectivity index (χ1v) is 6.65. The number of nitrogens with zero attached hydrogens (tertiary/aromatic N) is 2. The molecule has 0 unspecified atom stereocenters. The molecule has 0 N–H and O–H groups in total. The standard InChI is InChI=1S/C12H20N2O2S/c1-6-16-11(15)9-7-13-14(5)10(9)8-17-12(2,3)4/h7H,6,8H2,1-5H3. The van der Waals surface area contributed by atoms with Gasteiger partial charge in [-0.05, 0) is 6.92 Å². The molecule has 4 nitrogen and oxygen atoms in total. The second-order valence-electron chi connectivity index (χ2n) is 4.75. The van der Waals surface area contributed by atoms with Crippen molar-refractivity contribution in [1.29, 1.82) is 0 Å². The Balaban J connectivity index is 2.83. The van der Waals surface area contributed by atoms with Crippen molar-refractivity contribution in [3.63, 3.8) is 0 Å². The molecule has 0 saturated heterocycles. The highest BCUT2D eigenvalue weighted by Crippen LogP contribution is 2.28. The predicted octanol–water partition coefficient (Wildman–Crippen LogP) is 2.63. The summed E-state index contributed by atoms with van der Waals surface area (Å²) in [7, 11) is 1.85. The van der Waals surface area contributed by atoms with Gasteiger partial charge in [0.15, 0.2) is 0 Å². The Kier molecular flexibility index (Phi) is 4.62. The summed E-state index contributed by atoms with van der Waals surface area (Å²) in [5, 5.41) is 4.12. The summed E-state index contributed by atoms with van der Waals surface area (Å²) < 4.78 is 6.92. The van der Waals surface area contributed by atoms with Crippen LogP contribution in [0.4, 0.5) is 0 Å². The van der Waals surface area contributed by atoms with Gasteiger partial charge in [-0.1, -0.05) is 20.8 Å². The van der Waals surface area contributed by atoms with E-state index in [1.807, 2.05) is 7.05 Å². The number of hydrogen-bond acceptors (Lipinski definition) is 4. The maximum Gasteiger partial charge on any atom is 0.341 e. The molecule has 1 aromatic heterocycles. The zero-order chi connectivity index (χ0) is 13.1. The number of ether oxygens (including phenoxy) is 1. The number of carbonyl (C=O) groups is 1. The highest BCUT2D eigenvalue weighted by Gasteiger charge is 2.19. The molecule has 0 spiro atoms. The Labute approximate surface area is 107 Å². The number of esters is 1. The molecule has 1 aromatic rings. The molecular weight excluding hydrogens is 236 g/mol. The van der Waals surface area contributed by atoms with Gasteiger partial charge in [-0.25, -0.2) is 4.79 Å². The van der Waals surface area contributed by atoms with Crippen molar-refractivity contribution in [3.8, 4) is 0 Å². The maximum absolute atomic E-state index is 11.7. The van der Waals surface area contributed by atoms with Crippen LogP contribution in [0.5, 0.6) is 0 Å². The van der Waals surface area contributed by atoms with Gasteiger partial charge in [-0.3, -0.25) is 4.68 Å². The highest BCUT2D eigenvalue weighted by atomic mass is 32.2. The summed E-state index contributed by atoms with van der Waals surface area (Å²) in [5.74, 6) is 0.471. The van der Waals surface area contributed by atoms with E-state index in [0.717, 1.165) is 11.4 Å². The molecule has 0 aromatic carbocycles. The Morgan fingerprint density at radius 2 is 2.18 bits per heavy atom. The minimum absolute atomic E-state index is 0.163. The lowest BCUT2D eigenvalue weighted by Crippen LogP contribution is -2.12. The summed E-state index contributed by atoms with van der Waals surface area (Å²) in [5.41, 5.74) is 1.49. The fourth-order valence-electron chi connectivity index (χ4n) is 1.30. The summed E-state index contributed by atoms with van der Waals surface area (Å²) in [6.45, 7) is 8.64.